The van der Waals surface area contributed by atoms with Crippen LogP contribution in [0, 0.1) is 11.7 Å². The van der Waals surface area contributed by atoms with Gasteiger partial charge < -0.3 is 14.8 Å². The Kier molecular flexibility index (Phi) is 7.18. The van der Waals surface area contributed by atoms with Crippen LogP contribution >= 0.6 is 0 Å². The van der Waals surface area contributed by atoms with E-state index in [4.69, 9.17) is 9.47 Å². The fourth-order valence-electron chi connectivity index (χ4n) is 3.05. The van der Waals surface area contributed by atoms with Crippen LogP contribution in [0.1, 0.15) is 45.1 Å². The highest BCUT2D eigenvalue weighted by Crippen LogP contribution is 2.23. The Morgan fingerprint density at radius 3 is 2.69 bits per heavy atom. The Morgan fingerprint density at radius 2 is 2.04 bits per heavy atom. The first-order valence-corrected chi connectivity index (χ1v) is 8.93. The van der Waals surface area contributed by atoms with E-state index in [0.717, 1.165) is 19.3 Å². The number of halogens is 1. The molecule has 1 aromatic rings. The van der Waals surface area contributed by atoms with Crippen molar-refractivity contribution in [3.63, 3.8) is 0 Å². The van der Waals surface area contributed by atoms with Gasteiger partial charge in [-0.2, -0.15) is 0 Å². The second-order valence-corrected chi connectivity index (χ2v) is 6.68. The number of amides is 1. The summed E-state index contributed by atoms with van der Waals surface area (Å²) in [5.74, 6) is -0.897. The molecule has 0 bridgehead atoms. The number of methoxy groups -OCH3 is 1. The second kappa shape index (κ2) is 9.36. The molecule has 0 aromatic heterocycles. The first kappa shape index (κ1) is 19.9. The molecule has 1 saturated carbocycles. The predicted octanol–water partition coefficient (Wildman–Crippen LogP) is 3.47. The van der Waals surface area contributed by atoms with Gasteiger partial charge in [-0.15, -0.1) is 0 Å². The van der Waals surface area contributed by atoms with Gasteiger partial charge in [-0.1, -0.05) is 25.8 Å². The first-order valence-electron chi connectivity index (χ1n) is 8.93. The van der Waals surface area contributed by atoms with E-state index in [0.29, 0.717) is 11.5 Å². The molecule has 1 fully saturated rings. The van der Waals surface area contributed by atoms with Crippen molar-refractivity contribution in [3.8, 4) is 5.75 Å². The zero-order valence-electron chi connectivity index (χ0n) is 15.5. The second-order valence-electron chi connectivity index (χ2n) is 6.68. The number of benzene rings is 1. The summed E-state index contributed by atoms with van der Waals surface area (Å²) >= 11 is 0. The van der Waals surface area contributed by atoms with Crippen molar-refractivity contribution in [2.75, 3.05) is 7.11 Å². The van der Waals surface area contributed by atoms with E-state index >= 15 is 0 Å². The molecule has 1 aromatic carbocycles. The maximum atomic E-state index is 13.6. The lowest BCUT2D eigenvalue weighted by molar-refractivity contribution is -0.150. The lowest BCUT2D eigenvalue weighted by Gasteiger charge is -2.30. The van der Waals surface area contributed by atoms with Crippen LogP contribution in [0.15, 0.2) is 24.3 Å². The number of rotatable bonds is 6. The van der Waals surface area contributed by atoms with E-state index < -0.39 is 17.9 Å². The average molecular weight is 363 g/mol. The highest BCUT2D eigenvalue weighted by molar-refractivity contribution is 5.90. The van der Waals surface area contributed by atoms with Gasteiger partial charge in [0, 0.05) is 12.1 Å². The quantitative estimate of drug-likeness (QED) is 0.621. The highest BCUT2D eigenvalue weighted by atomic mass is 19.1. The molecule has 1 aliphatic carbocycles. The van der Waals surface area contributed by atoms with Crippen LogP contribution in [0.2, 0.25) is 0 Å². The fourth-order valence-corrected chi connectivity index (χ4v) is 3.05. The van der Waals surface area contributed by atoms with Crippen molar-refractivity contribution < 1.29 is 23.5 Å². The lowest BCUT2D eigenvalue weighted by Crippen LogP contribution is -2.45. The third kappa shape index (κ3) is 5.58. The minimum Gasteiger partial charge on any atom is -0.494 e. The Hall–Kier alpha value is -2.37. The van der Waals surface area contributed by atoms with Crippen molar-refractivity contribution in [1.82, 2.24) is 5.32 Å². The van der Waals surface area contributed by atoms with Gasteiger partial charge in [0.05, 0.1) is 7.11 Å². The van der Waals surface area contributed by atoms with Crippen molar-refractivity contribution in [2.45, 2.75) is 51.7 Å². The van der Waals surface area contributed by atoms with Gasteiger partial charge in [0.15, 0.2) is 17.7 Å². The van der Waals surface area contributed by atoms with E-state index in [2.05, 4.69) is 12.2 Å². The Bertz CT molecular complexity index is 674. The van der Waals surface area contributed by atoms with E-state index in [1.807, 2.05) is 0 Å². The number of hydrogen-bond acceptors (Lipinski definition) is 4. The minimum atomic E-state index is -0.881. The van der Waals surface area contributed by atoms with Gasteiger partial charge in [0.2, 0.25) is 0 Å². The molecule has 26 heavy (non-hydrogen) atoms. The Labute approximate surface area is 153 Å². The Morgan fingerprint density at radius 1 is 1.31 bits per heavy atom. The SMILES string of the molecule is COc1ccc(/C=C/C(=O)O[C@H](C)C(=O)N[C@H]2CCCC[C@H]2C)cc1F. The molecule has 0 spiro atoms. The van der Waals surface area contributed by atoms with Crippen LogP contribution in [0.3, 0.4) is 0 Å². The van der Waals surface area contributed by atoms with Gasteiger partial charge in [-0.3, -0.25) is 4.79 Å². The number of carbonyl (C=O) groups excluding carboxylic acids is 2. The van der Waals surface area contributed by atoms with Crippen molar-refractivity contribution >= 4 is 18.0 Å². The fraction of sp³-hybridized carbons (Fsp3) is 0.500. The lowest BCUT2D eigenvalue weighted by atomic mass is 9.86. The van der Waals surface area contributed by atoms with Gasteiger partial charge >= 0.3 is 5.97 Å². The summed E-state index contributed by atoms with van der Waals surface area (Å²) in [5, 5.41) is 2.96. The Balaban J connectivity index is 1.85. The number of ether oxygens (including phenoxy) is 2. The maximum Gasteiger partial charge on any atom is 0.331 e. The number of esters is 1. The molecule has 0 aliphatic heterocycles. The molecular weight excluding hydrogens is 337 g/mol. The van der Waals surface area contributed by atoms with Gasteiger partial charge in [0.1, 0.15) is 0 Å². The third-order valence-corrected chi connectivity index (χ3v) is 4.69. The summed E-state index contributed by atoms with van der Waals surface area (Å²) in [6.07, 6.45) is 6.07. The zero-order valence-corrected chi connectivity index (χ0v) is 15.5. The molecule has 2 rings (SSSR count). The van der Waals surface area contributed by atoms with Crippen molar-refractivity contribution in [2.24, 2.45) is 5.92 Å². The molecule has 6 heteroatoms. The molecule has 0 saturated heterocycles. The van der Waals surface area contributed by atoms with Gasteiger partial charge in [0.25, 0.3) is 5.91 Å². The third-order valence-electron chi connectivity index (χ3n) is 4.69. The smallest absolute Gasteiger partial charge is 0.331 e. The average Bonchev–Trinajstić information content (AvgIpc) is 2.62. The molecular formula is C20H26FNO4. The number of nitrogens with one attached hydrogen (secondary N) is 1. The van der Waals surface area contributed by atoms with Crippen LogP contribution in [-0.4, -0.2) is 31.1 Å². The molecule has 1 amide bonds. The van der Waals surface area contributed by atoms with Crippen molar-refractivity contribution in [3.05, 3.63) is 35.7 Å². The van der Waals surface area contributed by atoms with E-state index in [1.54, 1.807) is 13.0 Å². The minimum absolute atomic E-state index is 0.131. The molecule has 142 valence electrons. The summed E-state index contributed by atoms with van der Waals surface area (Å²) in [4.78, 5) is 24.1. The predicted molar refractivity (Wildman–Crippen MR) is 97.1 cm³/mol. The van der Waals surface area contributed by atoms with Gasteiger partial charge in [-0.05, 0) is 49.5 Å². The summed E-state index contributed by atoms with van der Waals surface area (Å²) in [6.45, 7) is 3.67. The standard InChI is InChI=1S/C20H26FNO4/c1-13-6-4-5-7-17(13)22-20(24)14(2)26-19(23)11-9-15-8-10-18(25-3)16(21)12-15/h8-14,17H,4-7H2,1-3H3,(H,22,24)/b11-9+/t13-,14-,17+/m1/s1. The molecule has 0 heterocycles. The van der Waals surface area contributed by atoms with Crippen LogP contribution in [0.25, 0.3) is 6.08 Å². The van der Waals surface area contributed by atoms with Crippen LogP contribution in [0.5, 0.6) is 5.75 Å². The molecule has 1 aliphatic rings. The van der Waals surface area contributed by atoms with E-state index in [-0.39, 0.29) is 17.7 Å². The highest BCUT2D eigenvalue weighted by Gasteiger charge is 2.25. The molecule has 0 radical (unpaired) electrons. The van der Waals surface area contributed by atoms with Crippen LogP contribution in [-0.2, 0) is 14.3 Å². The summed E-state index contributed by atoms with van der Waals surface area (Å²) in [7, 11) is 1.38. The molecule has 3 atom stereocenters. The number of hydrogen-bond donors (Lipinski definition) is 1. The van der Waals surface area contributed by atoms with E-state index in [9.17, 15) is 14.0 Å². The first-order chi connectivity index (χ1) is 12.4. The summed E-state index contributed by atoms with van der Waals surface area (Å²) in [5.41, 5.74) is 0.494. The summed E-state index contributed by atoms with van der Waals surface area (Å²) < 4.78 is 23.6. The molecule has 0 unspecified atom stereocenters. The molecule has 1 N–H and O–H groups in total. The van der Waals surface area contributed by atoms with Crippen LogP contribution < -0.4 is 10.1 Å². The zero-order chi connectivity index (χ0) is 19.1. The monoisotopic (exact) mass is 363 g/mol. The largest absolute Gasteiger partial charge is 0.494 e. The van der Waals surface area contributed by atoms with Gasteiger partial charge in [-0.25, -0.2) is 9.18 Å². The maximum absolute atomic E-state index is 13.6. The molecule has 5 nitrogen and oxygen atoms in total. The van der Waals surface area contributed by atoms with Crippen LogP contribution in [0.4, 0.5) is 4.39 Å². The normalized spacial score (nSPS) is 21.2. The topological polar surface area (TPSA) is 64.6 Å². The van der Waals surface area contributed by atoms with E-state index in [1.165, 1.54) is 37.8 Å². The number of carbonyl (C=O) groups is 2. The summed E-state index contributed by atoms with van der Waals surface area (Å²) in [6, 6.07) is 4.48. The van der Waals surface area contributed by atoms with Crippen molar-refractivity contribution in [1.29, 1.82) is 0 Å².